The van der Waals surface area contributed by atoms with Crippen molar-refractivity contribution in [3.63, 3.8) is 0 Å². The molecule has 2 rings (SSSR count). The average Bonchev–Trinajstić information content (AvgIpc) is 2.85. The molecule has 0 aromatic carbocycles. The molecule has 2 nitrogen and oxygen atoms in total. The average molecular weight is 303 g/mol. The molecule has 15 heavy (non-hydrogen) atoms. The van der Waals surface area contributed by atoms with E-state index in [1.807, 2.05) is 0 Å². The first-order valence-electron chi connectivity index (χ1n) is 4.52. The molecule has 5 heteroatoms. The largest absolute Gasteiger partial charge is 0.271 e. The summed E-state index contributed by atoms with van der Waals surface area (Å²) >= 11 is 7.01. The second-order valence-electron chi connectivity index (χ2n) is 3.14. The maximum Gasteiger partial charge on any atom is 0.0612 e. The van der Waals surface area contributed by atoms with E-state index in [2.05, 4.69) is 50.3 Å². The number of halogens is 1. The molecule has 2 aromatic heterocycles. The van der Waals surface area contributed by atoms with E-state index in [4.69, 9.17) is 5.84 Å². The third-order valence-electron chi connectivity index (χ3n) is 2.15. The SMILES string of the molecule is NNC(Cc1cccs1)c1sccc1Br. The van der Waals surface area contributed by atoms with E-state index < -0.39 is 0 Å². The standard InChI is InChI=1S/C10H11BrN2S2/c11-8-3-5-15-10(8)9(13-12)6-7-2-1-4-14-7/h1-5,9,13H,6,12H2. The topological polar surface area (TPSA) is 38.0 Å². The van der Waals surface area contributed by atoms with Crippen molar-refractivity contribution in [1.82, 2.24) is 5.43 Å². The monoisotopic (exact) mass is 302 g/mol. The summed E-state index contributed by atoms with van der Waals surface area (Å²) in [5.74, 6) is 5.59. The second kappa shape index (κ2) is 5.23. The van der Waals surface area contributed by atoms with Gasteiger partial charge in [-0.05, 0) is 38.8 Å². The van der Waals surface area contributed by atoms with Crippen LogP contribution in [0, 0.1) is 0 Å². The van der Waals surface area contributed by atoms with Crippen molar-refractivity contribution in [2.45, 2.75) is 12.5 Å². The molecule has 2 heterocycles. The van der Waals surface area contributed by atoms with Crippen LogP contribution in [0.15, 0.2) is 33.4 Å². The summed E-state index contributed by atoms with van der Waals surface area (Å²) in [6.45, 7) is 0. The summed E-state index contributed by atoms with van der Waals surface area (Å²) in [4.78, 5) is 2.60. The van der Waals surface area contributed by atoms with E-state index in [1.165, 1.54) is 9.75 Å². The molecule has 0 bridgehead atoms. The van der Waals surface area contributed by atoms with Crippen molar-refractivity contribution in [3.8, 4) is 0 Å². The van der Waals surface area contributed by atoms with E-state index in [-0.39, 0.29) is 6.04 Å². The Balaban J connectivity index is 2.15. The maximum atomic E-state index is 5.59. The van der Waals surface area contributed by atoms with Gasteiger partial charge in [-0.15, -0.1) is 22.7 Å². The maximum absolute atomic E-state index is 5.59. The zero-order valence-corrected chi connectivity index (χ0v) is 11.2. The van der Waals surface area contributed by atoms with Crippen LogP contribution in [0.4, 0.5) is 0 Å². The van der Waals surface area contributed by atoms with Crippen molar-refractivity contribution in [2.24, 2.45) is 5.84 Å². The number of hydrogen-bond acceptors (Lipinski definition) is 4. The van der Waals surface area contributed by atoms with Gasteiger partial charge in [-0.3, -0.25) is 11.3 Å². The van der Waals surface area contributed by atoms with Crippen molar-refractivity contribution >= 4 is 38.6 Å². The van der Waals surface area contributed by atoms with Crippen LogP contribution < -0.4 is 11.3 Å². The summed E-state index contributed by atoms with van der Waals surface area (Å²) in [5, 5.41) is 4.16. The number of nitrogens with one attached hydrogen (secondary N) is 1. The van der Waals surface area contributed by atoms with Gasteiger partial charge in [-0.2, -0.15) is 0 Å². The van der Waals surface area contributed by atoms with Crippen molar-refractivity contribution in [1.29, 1.82) is 0 Å². The zero-order chi connectivity index (χ0) is 10.7. The minimum absolute atomic E-state index is 0.193. The summed E-state index contributed by atoms with van der Waals surface area (Å²) in [7, 11) is 0. The Morgan fingerprint density at radius 3 is 2.73 bits per heavy atom. The van der Waals surface area contributed by atoms with Crippen LogP contribution >= 0.6 is 38.6 Å². The Morgan fingerprint density at radius 1 is 1.33 bits per heavy atom. The second-order valence-corrected chi connectivity index (χ2v) is 5.97. The highest BCUT2D eigenvalue weighted by Gasteiger charge is 2.15. The van der Waals surface area contributed by atoms with Gasteiger partial charge < -0.3 is 0 Å². The predicted octanol–water partition coefficient (Wildman–Crippen LogP) is 3.32. The van der Waals surface area contributed by atoms with Crippen LogP contribution in [0.5, 0.6) is 0 Å². The lowest BCUT2D eigenvalue weighted by Gasteiger charge is -2.13. The molecule has 2 aromatic rings. The normalized spacial score (nSPS) is 12.9. The van der Waals surface area contributed by atoms with E-state index in [0.717, 1.165) is 10.9 Å². The molecule has 0 fully saturated rings. The summed E-state index contributed by atoms with van der Waals surface area (Å²) in [5.41, 5.74) is 2.87. The molecule has 0 saturated carbocycles. The summed E-state index contributed by atoms with van der Waals surface area (Å²) in [6, 6.07) is 6.45. The van der Waals surface area contributed by atoms with Crippen LogP contribution in [0.1, 0.15) is 15.8 Å². The van der Waals surface area contributed by atoms with Gasteiger partial charge in [0.05, 0.1) is 6.04 Å². The minimum atomic E-state index is 0.193. The molecule has 0 spiro atoms. The van der Waals surface area contributed by atoms with Crippen molar-refractivity contribution in [3.05, 3.63) is 43.2 Å². The van der Waals surface area contributed by atoms with Gasteiger partial charge in [0, 0.05) is 20.6 Å². The number of hydrogen-bond donors (Lipinski definition) is 2. The van der Waals surface area contributed by atoms with Gasteiger partial charge in [0.15, 0.2) is 0 Å². The zero-order valence-electron chi connectivity index (χ0n) is 7.94. The smallest absolute Gasteiger partial charge is 0.0612 e. The third kappa shape index (κ3) is 2.68. The minimum Gasteiger partial charge on any atom is -0.271 e. The molecule has 0 aliphatic carbocycles. The van der Waals surface area contributed by atoms with Crippen LogP contribution in [0.25, 0.3) is 0 Å². The lowest BCUT2D eigenvalue weighted by Crippen LogP contribution is -2.28. The van der Waals surface area contributed by atoms with Crippen LogP contribution in [0.2, 0.25) is 0 Å². The molecular formula is C10H11BrN2S2. The van der Waals surface area contributed by atoms with Crippen molar-refractivity contribution in [2.75, 3.05) is 0 Å². The highest BCUT2D eigenvalue weighted by atomic mass is 79.9. The van der Waals surface area contributed by atoms with E-state index >= 15 is 0 Å². The first-order valence-corrected chi connectivity index (χ1v) is 7.08. The first kappa shape index (κ1) is 11.3. The molecule has 0 amide bonds. The van der Waals surface area contributed by atoms with Gasteiger partial charge in [0.25, 0.3) is 0 Å². The molecule has 1 atom stereocenters. The van der Waals surface area contributed by atoms with Crippen LogP contribution in [-0.2, 0) is 6.42 Å². The Kier molecular flexibility index (Phi) is 3.93. The van der Waals surface area contributed by atoms with Gasteiger partial charge in [0.2, 0.25) is 0 Å². The lowest BCUT2D eigenvalue weighted by atomic mass is 10.1. The Labute approximate surface area is 105 Å². The fourth-order valence-corrected chi connectivity index (χ4v) is 3.87. The molecule has 0 aliphatic heterocycles. The number of nitrogens with two attached hydrogens (primary N) is 1. The Morgan fingerprint density at radius 2 is 2.20 bits per heavy atom. The van der Waals surface area contributed by atoms with E-state index in [1.54, 1.807) is 22.7 Å². The lowest BCUT2D eigenvalue weighted by molar-refractivity contribution is 0.563. The first-order chi connectivity index (χ1) is 7.31. The molecule has 3 N–H and O–H groups in total. The van der Waals surface area contributed by atoms with Crippen LogP contribution in [-0.4, -0.2) is 0 Å². The van der Waals surface area contributed by atoms with Gasteiger partial charge in [-0.1, -0.05) is 6.07 Å². The quantitative estimate of drug-likeness (QED) is 0.672. The third-order valence-corrected chi connectivity index (χ3v) is 5.03. The highest BCUT2D eigenvalue weighted by Crippen LogP contribution is 2.31. The van der Waals surface area contributed by atoms with Crippen molar-refractivity contribution < 1.29 is 0 Å². The summed E-state index contributed by atoms with van der Waals surface area (Å²) in [6.07, 6.45) is 0.938. The molecule has 80 valence electrons. The van der Waals surface area contributed by atoms with Crippen LogP contribution in [0.3, 0.4) is 0 Å². The Bertz CT molecular complexity index is 411. The molecule has 0 aliphatic rings. The molecule has 0 radical (unpaired) electrons. The van der Waals surface area contributed by atoms with Gasteiger partial charge >= 0.3 is 0 Å². The molecular weight excluding hydrogens is 292 g/mol. The fraction of sp³-hybridized carbons (Fsp3) is 0.200. The summed E-state index contributed by atoms with van der Waals surface area (Å²) < 4.78 is 1.13. The molecule has 1 unspecified atom stereocenters. The number of thiophene rings is 2. The number of hydrazine groups is 1. The fourth-order valence-electron chi connectivity index (χ4n) is 1.41. The van der Waals surface area contributed by atoms with E-state index in [0.29, 0.717) is 0 Å². The van der Waals surface area contributed by atoms with Gasteiger partial charge in [0.1, 0.15) is 0 Å². The highest BCUT2D eigenvalue weighted by molar-refractivity contribution is 9.10. The predicted molar refractivity (Wildman–Crippen MR) is 70.1 cm³/mol. The molecule has 0 saturated heterocycles. The Hall–Kier alpha value is -0.200. The van der Waals surface area contributed by atoms with Gasteiger partial charge in [-0.25, -0.2) is 0 Å². The number of rotatable bonds is 4. The van der Waals surface area contributed by atoms with E-state index in [9.17, 15) is 0 Å².